The van der Waals surface area contributed by atoms with E-state index in [0.29, 0.717) is 17.5 Å². The molecule has 794 valence electrons. The van der Waals surface area contributed by atoms with Crippen molar-refractivity contribution in [1.29, 1.82) is 0 Å². The average molecular weight is 2300 g/mol. The number of aromatic amines is 4. The molecule has 145 heavy (non-hydrogen) atoms. The van der Waals surface area contributed by atoms with Crippen LogP contribution in [0.5, 0.6) is 0 Å². The normalized spacial score (nSPS) is 29.5. The van der Waals surface area contributed by atoms with Crippen LogP contribution in [0.25, 0.3) is 22.3 Å². The fourth-order valence-corrected chi connectivity index (χ4v) is 26.6. The summed E-state index contributed by atoms with van der Waals surface area (Å²) in [6, 6.07) is 0. The van der Waals surface area contributed by atoms with Gasteiger partial charge in [0.05, 0.1) is 101 Å². The minimum Gasteiger partial charge on any atom is -0.383 e. The molecular formula is C72H97N22O37P7S7. The molecule has 9 aromatic heterocycles. The van der Waals surface area contributed by atoms with Crippen LogP contribution in [0.4, 0.5) is 23.4 Å². The zero-order valence-corrected chi connectivity index (χ0v) is 88.6. The summed E-state index contributed by atoms with van der Waals surface area (Å²) in [6.45, 7) is -27.0. The summed E-state index contributed by atoms with van der Waals surface area (Å²) in [6.07, 6.45) is -18.5. The van der Waals surface area contributed by atoms with Gasteiger partial charge in [0.25, 0.3) is 22.2 Å². The maximum atomic E-state index is 13.7. The molecule has 0 radical (unpaired) electrons. The van der Waals surface area contributed by atoms with Crippen molar-refractivity contribution in [2.24, 2.45) is 0 Å². The standard InChI is InChI=1S/C72H97N22O37P7S7/c1-8-35-36(9-49(118-35)90-18-32(4)63(95)85-70(90)101)126-133(105,140)112-26-48-42(15-55(124-48)94-29-80-57-62(94)83-67(76)84-66(57)98)131-138(110,145)117-25-47-41(14-54(123-47)93-28-79-56-60(75)77-27-78-61(56)93)130-137(109,144)116-23-45-39(12-51(121-45)89-17-31(3)59(74)82-69(89)100)127-135(107,142)114-22-44-38(11-50(120-44)88-16-30(2)58(73)81-68(88)99)128-136(108,143)115-24-46-40(13-53(122-46)92-20-34(6)65(97)87-72(92)103)129-134(106,141)113-21-43-37(125-132(104,139)111-7)10-52(119-43)91-19-33(5)64(96)86-71(91)102/h16-20,27-29,35-55H,8-15,21-26H2,1-7H3,(H,104,139)(H,105,140)(H,106,141)(H,107,142)(H,108,143)(H,109,144)(H,110,145)(H2,73,81,99)(H2,74,82,100)(H2,75,77,78)(H,85,95,101)(H,86,96,102)(H,87,97,103)(H3,76,83,84,98)/t35-,36?,37?,38?,39?,40?,41?,42?,43-,44-,45-,46-,47-,48-,49-,50-,51-,52-,53-,54-,55-,132?,133?,134?,135?,136?,137?,138?/m1/s1. The lowest BCUT2D eigenvalue weighted by atomic mass is 10.1. The van der Waals surface area contributed by atoms with Crippen molar-refractivity contribution in [3.63, 3.8) is 0 Å². The van der Waals surface area contributed by atoms with Gasteiger partial charge in [0.15, 0.2) is 22.6 Å². The van der Waals surface area contributed by atoms with Crippen molar-refractivity contribution in [2.75, 3.05) is 69.7 Å². The van der Waals surface area contributed by atoms with E-state index in [4.69, 9.17) is 202 Å². The zero-order chi connectivity index (χ0) is 105. The number of rotatable bonds is 41. The molecule has 28 atom stereocenters. The van der Waals surface area contributed by atoms with E-state index in [0.717, 1.165) is 25.4 Å². The summed E-state index contributed by atoms with van der Waals surface area (Å²) >= 11 is 38.9. The first-order valence-corrected chi connectivity index (χ1v) is 61.7. The van der Waals surface area contributed by atoms with E-state index in [2.05, 4.69) is 54.8 Å². The molecule has 7 aliphatic heterocycles. The van der Waals surface area contributed by atoms with E-state index >= 15 is 0 Å². The maximum absolute atomic E-state index is 13.7. The Labute approximate surface area is 850 Å². The third kappa shape index (κ3) is 26.3. The number of ether oxygens (including phenoxy) is 7. The Bertz CT molecular complexity index is 7390. The lowest BCUT2D eigenvalue weighted by Gasteiger charge is -2.29. The number of hydrogen-bond acceptors (Lipinski definition) is 48. The molecule has 73 heteroatoms. The number of fused-ring (bicyclic) bond motifs is 2. The lowest BCUT2D eigenvalue weighted by molar-refractivity contribution is -0.0578. The number of nitrogen functional groups attached to an aromatic ring is 4. The predicted molar refractivity (Wildman–Crippen MR) is 528 cm³/mol. The van der Waals surface area contributed by atoms with Crippen molar-refractivity contribution >= 4 is 175 Å². The number of imidazole rings is 2. The van der Waals surface area contributed by atoms with Gasteiger partial charge >= 0.3 is 75.5 Å². The number of nitrogens with one attached hydrogen (secondary N) is 4. The number of H-pyrrole nitrogens is 4. The second-order valence-corrected chi connectivity index (χ2v) is 53.6. The van der Waals surface area contributed by atoms with Gasteiger partial charge < -0.3 is 154 Å². The predicted octanol–water partition coefficient (Wildman–Crippen LogP) is 0.377. The van der Waals surface area contributed by atoms with E-state index in [-0.39, 0.29) is 107 Å². The largest absolute Gasteiger partial charge is 0.383 e. The van der Waals surface area contributed by atoms with Crippen molar-refractivity contribution in [2.45, 2.75) is 222 Å². The van der Waals surface area contributed by atoms with Gasteiger partial charge in [-0.2, -0.15) is 15.0 Å². The Hall–Kier alpha value is -6.67. The minimum atomic E-state index is -4.76. The van der Waals surface area contributed by atoms with Crippen LogP contribution in [-0.4, -0.2) is 253 Å². The minimum absolute atomic E-state index is 0.0102. The highest BCUT2D eigenvalue weighted by Gasteiger charge is 2.52. The van der Waals surface area contributed by atoms with Gasteiger partial charge in [-0.15, -0.1) is 0 Å². The number of anilines is 4. The van der Waals surface area contributed by atoms with E-state index in [1.54, 1.807) is 13.8 Å². The summed E-state index contributed by atoms with van der Waals surface area (Å²) in [7, 11) is 1.09. The molecule has 0 bridgehead atoms. The van der Waals surface area contributed by atoms with Gasteiger partial charge in [-0.1, -0.05) is 6.92 Å². The number of nitrogens with two attached hydrogens (primary N) is 4. The molecule has 0 spiro atoms. The van der Waals surface area contributed by atoms with Gasteiger partial charge in [-0.25, -0.2) is 43.9 Å². The molecule has 16 rings (SSSR count). The molecule has 7 fully saturated rings. The molecule has 7 saturated heterocycles. The molecule has 0 aromatic carbocycles. The first-order valence-electron chi connectivity index (χ1n) is 43.6. The van der Waals surface area contributed by atoms with Gasteiger partial charge in [0, 0.05) is 111 Å². The smallest absolute Gasteiger partial charge is 0.351 e. The summed E-state index contributed by atoms with van der Waals surface area (Å²) < 4.78 is 136. The van der Waals surface area contributed by atoms with Crippen LogP contribution in [0.3, 0.4) is 0 Å². The first-order chi connectivity index (χ1) is 68.2. The van der Waals surface area contributed by atoms with Gasteiger partial charge in [0.1, 0.15) is 104 Å². The van der Waals surface area contributed by atoms with Crippen LogP contribution in [0.1, 0.15) is 130 Å². The molecular weight excluding hydrogens is 2210 g/mol. The molecule has 0 amide bonds. The first kappa shape index (κ1) is 111. The van der Waals surface area contributed by atoms with Crippen LogP contribution in [0, 0.1) is 34.6 Å². The van der Waals surface area contributed by atoms with E-state index in [9.17, 15) is 77.4 Å². The quantitative estimate of drug-likeness (QED) is 0.0230. The maximum Gasteiger partial charge on any atom is 0.351 e. The number of nitrogens with zero attached hydrogens (tertiary/aromatic N) is 14. The van der Waals surface area contributed by atoms with E-state index in [1.807, 2.05) is 0 Å². The monoisotopic (exact) mass is 2300 g/mol. The zero-order valence-electron chi connectivity index (χ0n) is 76.6. The number of hydrogen-bond donors (Lipinski definition) is 15. The molecule has 14 unspecified atom stereocenters. The van der Waals surface area contributed by atoms with E-state index in [1.165, 1.54) is 91.4 Å². The van der Waals surface area contributed by atoms with Crippen molar-refractivity contribution in [3.8, 4) is 0 Å². The Morgan fingerprint density at radius 1 is 0.338 bits per heavy atom. The van der Waals surface area contributed by atoms with Crippen molar-refractivity contribution in [1.82, 2.24) is 86.8 Å². The van der Waals surface area contributed by atoms with Crippen LogP contribution in [0.15, 0.2) is 93.1 Å². The molecule has 0 saturated carbocycles. The fraction of sp³-hybridized carbons (Fsp3) is 0.583. The van der Waals surface area contributed by atoms with Crippen LogP contribution in [0.2, 0.25) is 0 Å². The molecule has 7 aliphatic rings. The lowest BCUT2D eigenvalue weighted by Crippen LogP contribution is -2.33. The third-order valence-electron chi connectivity index (χ3n) is 24.0. The van der Waals surface area contributed by atoms with Crippen LogP contribution >= 0.6 is 47.0 Å². The van der Waals surface area contributed by atoms with E-state index < -0.39 is 266 Å². The topological polar surface area (TPSA) is 781 Å². The summed E-state index contributed by atoms with van der Waals surface area (Å²) in [5, 5.41) is 0. The fourth-order valence-electron chi connectivity index (χ4n) is 16.8. The molecule has 59 nitrogen and oxygen atoms in total. The third-order valence-corrected chi connectivity index (χ3v) is 35.2. The number of aromatic nitrogens is 18. The number of aryl methyl sites for hydroxylation is 5. The highest BCUT2D eigenvalue weighted by atomic mass is 32.5. The average Bonchev–Trinajstić information content (AvgIpc) is 1.61. The second-order valence-electron chi connectivity index (χ2n) is 34.0. The Morgan fingerprint density at radius 2 is 0.607 bits per heavy atom. The Morgan fingerprint density at radius 3 is 0.917 bits per heavy atom. The highest BCUT2D eigenvalue weighted by molar-refractivity contribution is 8.09. The van der Waals surface area contributed by atoms with Crippen molar-refractivity contribution in [3.05, 3.63) is 172 Å². The van der Waals surface area contributed by atoms with Gasteiger partial charge in [0.2, 0.25) is 5.95 Å². The Kier molecular flexibility index (Phi) is 34.1. The van der Waals surface area contributed by atoms with Crippen LogP contribution in [-0.2, 0) is 179 Å². The van der Waals surface area contributed by atoms with Crippen LogP contribution < -0.4 is 73.6 Å². The van der Waals surface area contributed by atoms with Gasteiger partial charge in [-0.3, -0.25) is 71.1 Å². The molecule has 9 aromatic rings. The second kappa shape index (κ2) is 44.6. The molecule has 19 N–H and O–H groups in total. The summed E-state index contributed by atoms with van der Waals surface area (Å²) in [5.74, 6) is -0.555. The van der Waals surface area contributed by atoms with Gasteiger partial charge in [-0.05, 0) is 124 Å². The summed E-state index contributed by atoms with van der Waals surface area (Å²) in [5.41, 5.74) is 18.3. The molecule has 16 heterocycles. The summed E-state index contributed by atoms with van der Waals surface area (Å²) in [4.78, 5) is 238. The SMILES string of the molecule is CC[C@H]1O[C@@H](n2cc(C)c(=O)[nH]c2=O)CC1OP(O)(=S)OC[C@H]1O[C@@H](n2cnc3c(=O)[nH]c(N)nc32)CC1OP(O)(=S)OC[C@H]1O[C@@H](n2cnc3c(N)ncnc32)CC1OP(O)(=S)OC[C@H]1O[C@@H](n2cc(C)c(N)nc2=O)CC1OP(O)(=S)OC[C@H]1O[C@@H](n2cc(C)c(N)nc2=O)CC1OP(O)(=S)OC[C@H]1O[C@@H](n2cc(C)c(=O)[nH]c2=O)CC1OP(O)(=S)OC[C@H]1O[C@@H](n2cc(C)c(=O)[nH]c2=O)CC1OP(O)(=S)OC. The van der Waals surface area contributed by atoms with Crippen molar-refractivity contribution < 1.29 is 131 Å². The highest BCUT2D eigenvalue weighted by Crippen LogP contribution is 2.59. The Balaban J connectivity index is 0.609. The molecule has 0 aliphatic carbocycles.